The number of thioether (sulfide) groups is 1. The van der Waals surface area contributed by atoms with E-state index in [9.17, 15) is 13.6 Å². The zero-order valence-corrected chi connectivity index (χ0v) is 12.7. The third kappa shape index (κ3) is 3.73. The van der Waals surface area contributed by atoms with Crippen molar-refractivity contribution in [3.05, 3.63) is 41.0 Å². The summed E-state index contributed by atoms with van der Waals surface area (Å²) >= 11 is 1.51. The number of rotatable bonds is 6. The molecule has 0 aliphatic heterocycles. The van der Waals surface area contributed by atoms with Crippen LogP contribution in [0.3, 0.4) is 0 Å². The summed E-state index contributed by atoms with van der Waals surface area (Å²) in [6, 6.07) is 1.86. The fourth-order valence-electron chi connectivity index (χ4n) is 1.68. The fourth-order valence-corrected chi connectivity index (χ4v) is 2.05. The molecule has 1 amide bonds. The number of carbonyl (C=O) groups is 1. The van der Waals surface area contributed by atoms with Gasteiger partial charge in [0, 0.05) is 12.1 Å². The monoisotopic (exact) mass is 329 g/mol. The SMILES string of the molecule is COc1cc(F)c(C(=O)NCc2nc(CSC)no2)c(F)c1. The molecular formula is C13H13F2N3O3S. The minimum atomic E-state index is -1.01. The van der Waals surface area contributed by atoms with Crippen molar-refractivity contribution in [2.75, 3.05) is 13.4 Å². The van der Waals surface area contributed by atoms with Crippen LogP contribution in [0.1, 0.15) is 22.1 Å². The van der Waals surface area contributed by atoms with E-state index in [2.05, 4.69) is 15.5 Å². The van der Waals surface area contributed by atoms with Gasteiger partial charge >= 0.3 is 0 Å². The summed E-state index contributed by atoms with van der Waals surface area (Å²) in [5, 5.41) is 6.02. The van der Waals surface area contributed by atoms with E-state index < -0.39 is 23.1 Å². The molecule has 1 aromatic heterocycles. The highest BCUT2D eigenvalue weighted by molar-refractivity contribution is 7.97. The van der Waals surface area contributed by atoms with E-state index in [0.717, 1.165) is 12.1 Å². The zero-order valence-electron chi connectivity index (χ0n) is 11.9. The van der Waals surface area contributed by atoms with E-state index in [-0.39, 0.29) is 18.2 Å². The van der Waals surface area contributed by atoms with Crippen LogP contribution in [0.2, 0.25) is 0 Å². The Morgan fingerprint density at radius 1 is 1.41 bits per heavy atom. The maximum Gasteiger partial charge on any atom is 0.257 e. The summed E-state index contributed by atoms with van der Waals surface area (Å²) in [5.74, 6) is -1.73. The summed E-state index contributed by atoms with van der Waals surface area (Å²) < 4.78 is 37.1. The lowest BCUT2D eigenvalue weighted by atomic mass is 10.1. The van der Waals surface area contributed by atoms with E-state index in [4.69, 9.17) is 9.26 Å². The number of amides is 1. The number of hydrogen-bond donors (Lipinski definition) is 1. The van der Waals surface area contributed by atoms with Crippen LogP contribution in [0.4, 0.5) is 8.78 Å². The quantitative estimate of drug-likeness (QED) is 0.875. The molecule has 0 fully saturated rings. The van der Waals surface area contributed by atoms with Crippen molar-refractivity contribution in [3.63, 3.8) is 0 Å². The molecular weight excluding hydrogens is 316 g/mol. The summed E-state index contributed by atoms with van der Waals surface area (Å²) in [7, 11) is 1.27. The van der Waals surface area contributed by atoms with Gasteiger partial charge in [-0.15, -0.1) is 0 Å². The number of nitrogens with zero attached hydrogens (tertiary/aromatic N) is 2. The van der Waals surface area contributed by atoms with E-state index in [1.54, 1.807) is 0 Å². The van der Waals surface area contributed by atoms with Crippen LogP contribution >= 0.6 is 11.8 Å². The van der Waals surface area contributed by atoms with Gasteiger partial charge < -0.3 is 14.6 Å². The highest BCUT2D eigenvalue weighted by Crippen LogP contribution is 2.20. The van der Waals surface area contributed by atoms with Crippen LogP contribution in [0.5, 0.6) is 5.75 Å². The van der Waals surface area contributed by atoms with Gasteiger partial charge in [-0.3, -0.25) is 4.79 Å². The molecule has 118 valence electrons. The molecule has 0 spiro atoms. The average Bonchev–Trinajstić information content (AvgIpc) is 2.92. The minimum Gasteiger partial charge on any atom is -0.497 e. The Morgan fingerprint density at radius 3 is 2.68 bits per heavy atom. The van der Waals surface area contributed by atoms with Gasteiger partial charge in [0.25, 0.3) is 5.91 Å². The van der Waals surface area contributed by atoms with E-state index in [1.807, 2.05) is 6.26 Å². The van der Waals surface area contributed by atoms with Gasteiger partial charge in [0.1, 0.15) is 22.9 Å². The largest absolute Gasteiger partial charge is 0.497 e. The molecule has 0 saturated carbocycles. The van der Waals surface area contributed by atoms with Gasteiger partial charge in [-0.05, 0) is 6.26 Å². The zero-order chi connectivity index (χ0) is 16.1. The molecule has 0 atom stereocenters. The van der Waals surface area contributed by atoms with Gasteiger partial charge in [-0.2, -0.15) is 16.7 Å². The van der Waals surface area contributed by atoms with Crippen LogP contribution in [0.15, 0.2) is 16.7 Å². The van der Waals surface area contributed by atoms with Gasteiger partial charge in [0.2, 0.25) is 5.89 Å². The molecule has 0 aliphatic carbocycles. The van der Waals surface area contributed by atoms with Crippen LogP contribution in [0.25, 0.3) is 0 Å². The molecule has 2 aromatic rings. The van der Waals surface area contributed by atoms with Gasteiger partial charge in [0.05, 0.1) is 19.4 Å². The van der Waals surface area contributed by atoms with Gasteiger partial charge in [-0.1, -0.05) is 5.16 Å². The van der Waals surface area contributed by atoms with Crippen molar-refractivity contribution >= 4 is 17.7 Å². The summed E-state index contributed by atoms with van der Waals surface area (Å²) in [4.78, 5) is 15.9. The van der Waals surface area contributed by atoms with Crippen molar-refractivity contribution in [3.8, 4) is 5.75 Å². The second-order valence-corrected chi connectivity index (χ2v) is 5.05. The first kappa shape index (κ1) is 16.2. The van der Waals surface area contributed by atoms with Crippen molar-refractivity contribution in [2.24, 2.45) is 0 Å². The van der Waals surface area contributed by atoms with Crippen LogP contribution in [-0.2, 0) is 12.3 Å². The number of ether oxygens (including phenoxy) is 1. The Hall–Kier alpha value is -2.16. The summed E-state index contributed by atoms with van der Waals surface area (Å²) in [6.07, 6.45) is 1.88. The fraction of sp³-hybridized carbons (Fsp3) is 0.308. The van der Waals surface area contributed by atoms with Crippen molar-refractivity contribution in [2.45, 2.75) is 12.3 Å². The Balaban J connectivity index is 2.06. The molecule has 22 heavy (non-hydrogen) atoms. The maximum atomic E-state index is 13.7. The number of halogens is 2. The predicted molar refractivity (Wildman–Crippen MR) is 75.6 cm³/mol. The molecule has 2 rings (SSSR count). The normalized spacial score (nSPS) is 10.5. The maximum absolute atomic E-state index is 13.7. The lowest BCUT2D eigenvalue weighted by Gasteiger charge is -2.07. The molecule has 0 unspecified atom stereocenters. The van der Waals surface area contributed by atoms with Crippen molar-refractivity contribution < 1.29 is 22.8 Å². The molecule has 0 bridgehead atoms. The molecule has 0 aliphatic rings. The first-order chi connectivity index (χ1) is 10.5. The second kappa shape index (κ2) is 7.21. The third-order valence-corrected chi connectivity index (χ3v) is 3.21. The molecule has 0 saturated heterocycles. The standard InChI is InChI=1S/C13H13F2N3O3S/c1-20-7-3-8(14)12(9(15)4-7)13(19)16-5-11-17-10(6-22-2)18-21-11/h3-4H,5-6H2,1-2H3,(H,16,19). The molecule has 9 heteroatoms. The summed E-state index contributed by atoms with van der Waals surface area (Å²) in [6.45, 7) is -0.120. The predicted octanol–water partition coefficient (Wildman–Crippen LogP) is 2.15. The second-order valence-electron chi connectivity index (χ2n) is 4.19. The Labute approximate surface area is 129 Å². The first-order valence-electron chi connectivity index (χ1n) is 6.16. The third-order valence-electron chi connectivity index (χ3n) is 2.66. The molecule has 0 radical (unpaired) electrons. The number of carbonyl (C=O) groups excluding carboxylic acids is 1. The van der Waals surface area contributed by atoms with Gasteiger partial charge in [-0.25, -0.2) is 8.78 Å². The van der Waals surface area contributed by atoms with E-state index in [1.165, 1.54) is 18.9 Å². The highest BCUT2D eigenvalue weighted by atomic mass is 32.2. The van der Waals surface area contributed by atoms with E-state index in [0.29, 0.717) is 11.6 Å². The average molecular weight is 329 g/mol. The van der Waals surface area contributed by atoms with E-state index >= 15 is 0 Å². The number of nitrogens with one attached hydrogen (secondary N) is 1. The molecule has 1 N–H and O–H groups in total. The number of methoxy groups -OCH3 is 1. The summed E-state index contributed by atoms with van der Waals surface area (Å²) in [5.41, 5.74) is -0.690. The van der Waals surface area contributed by atoms with Crippen molar-refractivity contribution in [1.29, 1.82) is 0 Å². The Kier molecular flexibility index (Phi) is 5.31. The Morgan fingerprint density at radius 2 is 2.09 bits per heavy atom. The van der Waals surface area contributed by atoms with Crippen LogP contribution < -0.4 is 10.1 Å². The van der Waals surface area contributed by atoms with Gasteiger partial charge in [0.15, 0.2) is 5.82 Å². The number of hydrogen-bond acceptors (Lipinski definition) is 6. The van der Waals surface area contributed by atoms with Crippen LogP contribution in [-0.4, -0.2) is 29.4 Å². The number of benzene rings is 1. The Bertz CT molecular complexity index is 655. The lowest BCUT2D eigenvalue weighted by molar-refractivity contribution is 0.0937. The first-order valence-corrected chi connectivity index (χ1v) is 7.56. The van der Waals surface area contributed by atoms with Crippen LogP contribution in [0, 0.1) is 11.6 Å². The highest BCUT2D eigenvalue weighted by Gasteiger charge is 2.19. The molecule has 1 heterocycles. The number of aromatic nitrogens is 2. The minimum absolute atomic E-state index is 0.00911. The van der Waals surface area contributed by atoms with Crippen molar-refractivity contribution in [1.82, 2.24) is 15.5 Å². The smallest absolute Gasteiger partial charge is 0.257 e. The molecule has 1 aromatic carbocycles. The topological polar surface area (TPSA) is 77.2 Å². The molecule has 6 nitrogen and oxygen atoms in total. The lowest BCUT2D eigenvalue weighted by Crippen LogP contribution is -2.25.